The Labute approximate surface area is 107 Å². The molecule has 0 aromatic carbocycles. The van der Waals surface area contributed by atoms with Gasteiger partial charge in [0.1, 0.15) is 4.90 Å². The van der Waals surface area contributed by atoms with Crippen molar-refractivity contribution in [2.75, 3.05) is 39.8 Å². The van der Waals surface area contributed by atoms with Gasteiger partial charge in [-0.05, 0) is 7.05 Å². The van der Waals surface area contributed by atoms with Crippen LogP contribution in [-0.2, 0) is 16.6 Å². The van der Waals surface area contributed by atoms with Crippen molar-refractivity contribution in [3.05, 3.63) is 12.4 Å². The molecule has 0 saturated carbocycles. The third-order valence-electron chi connectivity index (χ3n) is 3.04. The summed E-state index contributed by atoms with van der Waals surface area (Å²) < 4.78 is 27.5. The fourth-order valence-corrected chi connectivity index (χ4v) is 3.26. The average Bonchev–Trinajstić information content (AvgIpc) is 2.79. The summed E-state index contributed by atoms with van der Waals surface area (Å²) in [4.78, 5) is 2.29. The van der Waals surface area contributed by atoms with Gasteiger partial charge in [0, 0.05) is 32.4 Å². The first-order valence-electron chi connectivity index (χ1n) is 5.86. The second-order valence-electron chi connectivity index (χ2n) is 4.37. The van der Waals surface area contributed by atoms with Crippen LogP contribution in [-0.4, -0.2) is 72.3 Å². The van der Waals surface area contributed by atoms with Crippen LogP contribution in [0.1, 0.15) is 0 Å². The van der Waals surface area contributed by atoms with E-state index in [0.29, 0.717) is 19.6 Å². The van der Waals surface area contributed by atoms with Crippen LogP contribution in [0.5, 0.6) is 0 Å². The molecule has 0 spiro atoms. The molecular formula is C10H18N4O3S. The zero-order chi connectivity index (χ0) is 13.2. The van der Waals surface area contributed by atoms with E-state index >= 15 is 0 Å². The van der Waals surface area contributed by atoms with Crippen LogP contribution in [0.2, 0.25) is 0 Å². The highest BCUT2D eigenvalue weighted by Gasteiger charge is 2.28. The lowest BCUT2D eigenvalue weighted by molar-refractivity contribution is 0.222. The Morgan fingerprint density at radius 3 is 2.61 bits per heavy atom. The monoisotopic (exact) mass is 274 g/mol. The van der Waals surface area contributed by atoms with Crippen LogP contribution >= 0.6 is 0 Å². The van der Waals surface area contributed by atoms with Crippen molar-refractivity contribution in [1.29, 1.82) is 0 Å². The van der Waals surface area contributed by atoms with E-state index in [1.54, 1.807) is 0 Å². The number of piperazine rings is 1. The molecule has 1 N–H and O–H groups in total. The lowest BCUT2D eigenvalue weighted by Crippen LogP contribution is -2.46. The Hall–Kier alpha value is -0.960. The second kappa shape index (κ2) is 5.35. The molecule has 0 radical (unpaired) electrons. The minimum absolute atomic E-state index is 0.0598. The first-order valence-corrected chi connectivity index (χ1v) is 7.30. The van der Waals surface area contributed by atoms with Crippen LogP contribution < -0.4 is 0 Å². The largest absolute Gasteiger partial charge is 0.394 e. The van der Waals surface area contributed by atoms with Crippen LogP contribution in [0.25, 0.3) is 0 Å². The molecule has 2 rings (SSSR count). The second-order valence-corrected chi connectivity index (χ2v) is 6.31. The molecule has 0 bridgehead atoms. The molecule has 0 amide bonds. The third kappa shape index (κ3) is 2.72. The van der Waals surface area contributed by atoms with E-state index in [1.165, 1.54) is 21.4 Å². The Kier molecular flexibility index (Phi) is 4.00. The molecule has 1 saturated heterocycles. The summed E-state index contributed by atoms with van der Waals surface area (Å²) >= 11 is 0. The Morgan fingerprint density at radius 2 is 2.00 bits per heavy atom. The van der Waals surface area contributed by atoms with Gasteiger partial charge in [0.15, 0.2) is 0 Å². The van der Waals surface area contributed by atoms with Crippen molar-refractivity contribution in [2.45, 2.75) is 11.4 Å². The molecule has 1 fully saturated rings. The van der Waals surface area contributed by atoms with E-state index in [9.17, 15) is 8.42 Å². The van der Waals surface area contributed by atoms with E-state index in [4.69, 9.17) is 5.11 Å². The van der Waals surface area contributed by atoms with Gasteiger partial charge in [-0.15, -0.1) is 0 Å². The maximum atomic E-state index is 12.3. The fraction of sp³-hybridized carbons (Fsp3) is 0.700. The number of hydrogen-bond donors (Lipinski definition) is 1. The molecular weight excluding hydrogens is 256 g/mol. The number of rotatable bonds is 4. The fourth-order valence-electron chi connectivity index (χ4n) is 1.88. The van der Waals surface area contributed by atoms with Crippen LogP contribution in [0.3, 0.4) is 0 Å². The van der Waals surface area contributed by atoms with Gasteiger partial charge in [-0.1, -0.05) is 0 Å². The van der Waals surface area contributed by atoms with Crippen molar-refractivity contribution in [1.82, 2.24) is 19.0 Å². The van der Waals surface area contributed by atoms with Gasteiger partial charge in [-0.3, -0.25) is 4.68 Å². The Balaban J connectivity index is 2.14. The van der Waals surface area contributed by atoms with Crippen molar-refractivity contribution >= 4 is 10.0 Å². The minimum Gasteiger partial charge on any atom is -0.394 e. The van der Waals surface area contributed by atoms with Crippen LogP contribution in [0, 0.1) is 0 Å². The number of sulfonamides is 1. The highest BCUT2D eigenvalue weighted by Crippen LogP contribution is 2.16. The van der Waals surface area contributed by atoms with E-state index in [-0.39, 0.29) is 11.5 Å². The summed E-state index contributed by atoms with van der Waals surface area (Å²) in [7, 11) is -1.47. The van der Waals surface area contributed by atoms with Gasteiger partial charge in [0.2, 0.25) is 10.0 Å². The van der Waals surface area contributed by atoms with E-state index < -0.39 is 10.0 Å². The summed E-state index contributed by atoms with van der Waals surface area (Å²) in [6.07, 6.45) is 2.80. The van der Waals surface area contributed by atoms with Crippen molar-refractivity contribution in [3.63, 3.8) is 0 Å². The van der Waals surface area contributed by atoms with Crippen molar-refractivity contribution in [3.8, 4) is 0 Å². The number of aliphatic hydroxyl groups excluding tert-OH is 1. The maximum absolute atomic E-state index is 12.3. The summed E-state index contributed by atoms with van der Waals surface area (Å²) in [5.74, 6) is 0. The van der Waals surface area contributed by atoms with Crippen LogP contribution in [0.15, 0.2) is 17.3 Å². The third-order valence-corrected chi connectivity index (χ3v) is 4.89. The maximum Gasteiger partial charge on any atom is 0.246 e. The number of aliphatic hydroxyl groups is 1. The first kappa shape index (κ1) is 13.5. The van der Waals surface area contributed by atoms with Gasteiger partial charge < -0.3 is 10.0 Å². The number of aromatic nitrogens is 2. The molecule has 18 heavy (non-hydrogen) atoms. The lowest BCUT2D eigenvalue weighted by Gasteiger charge is -2.31. The first-order chi connectivity index (χ1) is 8.54. The molecule has 1 aromatic heterocycles. The predicted molar refractivity (Wildman–Crippen MR) is 65.6 cm³/mol. The highest BCUT2D eigenvalue weighted by atomic mass is 32.2. The Morgan fingerprint density at radius 1 is 1.33 bits per heavy atom. The van der Waals surface area contributed by atoms with Crippen molar-refractivity contribution < 1.29 is 13.5 Å². The zero-order valence-corrected chi connectivity index (χ0v) is 11.2. The van der Waals surface area contributed by atoms with E-state index in [2.05, 4.69) is 10.00 Å². The van der Waals surface area contributed by atoms with Gasteiger partial charge in [-0.2, -0.15) is 9.40 Å². The predicted octanol–water partition coefficient (Wildman–Crippen LogP) is -1.19. The summed E-state index contributed by atoms with van der Waals surface area (Å²) in [6, 6.07) is 0. The van der Waals surface area contributed by atoms with Gasteiger partial charge >= 0.3 is 0 Å². The molecule has 2 heterocycles. The molecule has 0 aliphatic carbocycles. The molecule has 102 valence electrons. The van der Waals surface area contributed by atoms with Gasteiger partial charge in [0.25, 0.3) is 0 Å². The summed E-state index contributed by atoms with van der Waals surface area (Å²) in [5.41, 5.74) is 0. The summed E-state index contributed by atoms with van der Waals surface area (Å²) in [5, 5.41) is 12.7. The summed E-state index contributed by atoms with van der Waals surface area (Å²) in [6.45, 7) is 2.73. The van der Waals surface area contributed by atoms with Gasteiger partial charge in [0.05, 0.1) is 19.3 Å². The van der Waals surface area contributed by atoms with Crippen LogP contribution in [0.4, 0.5) is 0 Å². The van der Waals surface area contributed by atoms with E-state index in [1.807, 2.05) is 7.05 Å². The topological polar surface area (TPSA) is 78.7 Å². The number of nitrogens with zero attached hydrogens (tertiary/aromatic N) is 4. The quantitative estimate of drug-likeness (QED) is 0.747. The zero-order valence-electron chi connectivity index (χ0n) is 10.4. The highest BCUT2D eigenvalue weighted by molar-refractivity contribution is 7.89. The molecule has 1 aliphatic rings. The smallest absolute Gasteiger partial charge is 0.246 e. The number of hydrogen-bond acceptors (Lipinski definition) is 5. The molecule has 1 aliphatic heterocycles. The standard InChI is InChI=1S/C10H18N4O3S/c1-12-2-4-14(5-3-12)18(16,17)10-8-11-13(9-10)6-7-15/h8-9,15H,2-7H2,1H3. The normalized spacial score (nSPS) is 19.2. The lowest BCUT2D eigenvalue weighted by atomic mass is 10.4. The molecule has 1 aromatic rings. The number of likely N-dealkylation sites (N-methyl/N-ethyl adjacent to an activating group) is 1. The average molecular weight is 274 g/mol. The minimum atomic E-state index is -3.44. The van der Waals surface area contributed by atoms with Gasteiger partial charge in [-0.25, -0.2) is 8.42 Å². The molecule has 0 atom stereocenters. The van der Waals surface area contributed by atoms with E-state index in [0.717, 1.165) is 13.1 Å². The molecule has 7 nitrogen and oxygen atoms in total. The SMILES string of the molecule is CN1CCN(S(=O)(=O)c2cnn(CCO)c2)CC1. The van der Waals surface area contributed by atoms with Crippen molar-refractivity contribution in [2.24, 2.45) is 0 Å². The Bertz CT molecular complexity index is 491. The molecule has 8 heteroatoms. The molecule has 0 unspecified atom stereocenters.